The quantitative estimate of drug-likeness (QED) is 0.451. The van der Waals surface area contributed by atoms with Crippen molar-refractivity contribution in [2.24, 2.45) is 0 Å². The van der Waals surface area contributed by atoms with Crippen LogP contribution in [-0.4, -0.2) is 0 Å². The van der Waals surface area contributed by atoms with Crippen LogP contribution in [0.4, 0.5) is 13.2 Å². The molecule has 1 unspecified atom stereocenters. The lowest BCUT2D eigenvalue weighted by Crippen LogP contribution is -1.92. The summed E-state index contributed by atoms with van der Waals surface area (Å²) in [5.74, 6) is -3.28. The molecule has 0 bridgehead atoms. The maximum Gasteiger partial charge on any atom is 0.194 e. The third kappa shape index (κ3) is 3.60. The molecule has 0 fully saturated rings. The van der Waals surface area contributed by atoms with Crippen molar-refractivity contribution in [2.45, 2.75) is 26.2 Å². The Morgan fingerprint density at radius 3 is 1.52 bits per heavy atom. The normalized spacial score (nSPS) is 12.2. The number of benzene rings is 3. The minimum absolute atomic E-state index is 0.315. The maximum absolute atomic E-state index is 13.4. The number of hydrogen-bond acceptors (Lipinski definition) is 0. The summed E-state index contributed by atoms with van der Waals surface area (Å²) in [6, 6.07) is 17.8. The van der Waals surface area contributed by atoms with Crippen molar-refractivity contribution >= 4 is 0 Å². The summed E-state index contributed by atoms with van der Waals surface area (Å²) in [5, 5.41) is 0. The first-order valence-corrected chi connectivity index (χ1v) is 8.35. The van der Waals surface area contributed by atoms with E-state index in [1.807, 2.05) is 12.1 Å². The molecule has 0 radical (unpaired) electrons. The Bertz CT molecular complexity index is 842. The molecule has 3 rings (SSSR count). The van der Waals surface area contributed by atoms with Gasteiger partial charge in [-0.05, 0) is 52.3 Å². The van der Waals surface area contributed by atoms with Gasteiger partial charge in [-0.3, -0.25) is 0 Å². The zero-order valence-corrected chi connectivity index (χ0v) is 14.2. The Hall–Kier alpha value is -2.55. The fraction of sp³-hybridized carbons (Fsp3) is 0.182. The highest BCUT2D eigenvalue weighted by atomic mass is 19.2. The van der Waals surface area contributed by atoms with E-state index in [0.717, 1.165) is 29.7 Å². The van der Waals surface area contributed by atoms with E-state index in [4.69, 9.17) is 0 Å². The average Bonchev–Trinajstić information content (AvgIpc) is 2.65. The first kappa shape index (κ1) is 17.3. The van der Waals surface area contributed by atoms with Crippen LogP contribution in [0.15, 0.2) is 60.7 Å². The van der Waals surface area contributed by atoms with Gasteiger partial charge < -0.3 is 0 Å². The molecule has 0 aromatic heterocycles. The van der Waals surface area contributed by atoms with Crippen LogP contribution in [0, 0.1) is 17.5 Å². The van der Waals surface area contributed by atoms with Crippen molar-refractivity contribution in [1.29, 1.82) is 0 Å². The fourth-order valence-electron chi connectivity index (χ4n) is 2.82. The molecule has 0 saturated heterocycles. The molecular weight excluding hydrogens is 321 g/mol. The van der Waals surface area contributed by atoms with Gasteiger partial charge in [0.25, 0.3) is 0 Å². The number of rotatable bonds is 4. The van der Waals surface area contributed by atoms with Crippen molar-refractivity contribution in [3.63, 3.8) is 0 Å². The van der Waals surface area contributed by atoms with Crippen LogP contribution in [-0.2, 0) is 0 Å². The second-order valence-corrected chi connectivity index (χ2v) is 6.26. The molecular formula is C22H19F3. The zero-order valence-electron chi connectivity index (χ0n) is 14.2. The molecule has 0 aliphatic rings. The first-order chi connectivity index (χ1) is 12.0. The highest BCUT2D eigenvalue weighted by molar-refractivity contribution is 5.70. The van der Waals surface area contributed by atoms with Gasteiger partial charge in [-0.1, -0.05) is 62.4 Å². The van der Waals surface area contributed by atoms with E-state index in [1.165, 1.54) is 5.56 Å². The van der Waals surface area contributed by atoms with Gasteiger partial charge in [0.15, 0.2) is 17.5 Å². The Kier molecular flexibility index (Phi) is 4.93. The lowest BCUT2D eigenvalue weighted by atomic mass is 9.95. The van der Waals surface area contributed by atoms with Crippen LogP contribution in [0.25, 0.3) is 22.3 Å². The molecule has 0 nitrogen and oxygen atoms in total. The summed E-state index contributed by atoms with van der Waals surface area (Å²) < 4.78 is 39.9. The number of halogens is 3. The van der Waals surface area contributed by atoms with E-state index in [9.17, 15) is 13.2 Å². The van der Waals surface area contributed by atoms with Crippen molar-refractivity contribution < 1.29 is 13.2 Å². The molecule has 3 aromatic rings. The van der Waals surface area contributed by atoms with E-state index < -0.39 is 17.5 Å². The topological polar surface area (TPSA) is 0 Å². The van der Waals surface area contributed by atoms with E-state index in [2.05, 4.69) is 38.1 Å². The van der Waals surface area contributed by atoms with Crippen LogP contribution in [0.2, 0.25) is 0 Å². The summed E-state index contributed by atoms with van der Waals surface area (Å²) in [7, 11) is 0. The molecule has 1 atom stereocenters. The van der Waals surface area contributed by atoms with Gasteiger partial charge in [0.1, 0.15) is 0 Å². The largest absolute Gasteiger partial charge is 0.204 e. The van der Waals surface area contributed by atoms with Crippen LogP contribution < -0.4 is 0 Å². The van der Waals surface area contributed by atoms with Crippen LogP contribution >= 0.6 is 0 Å². The SMILES string of the molecule is CCC(C)c1ccc(-c2ccc(-c3cc(F)c(F)c(F)c3)cc2)cc1. The fourth-order valence-corrected chi connectivity index (χ4v) is 2.82. The molecule has 0 heterocycles. The monoisotopic (exact) mass is 340 g/mol. The minimum Gasteiger partial charge on any atom is -0.204 e. The van der Waals surface area contributed by atoms with Crippen molar-refractivity contribution in [2.75, 3.05) is 0 Å². The summed E-state index contributed by atoms with van der Waals surface area (Å²) in [6.07, 6.45) is 1.10. The third-order valence-corrected chi connectivity index (χ3v) is 4.63. The molecule has 0 aliphatic carbocycles. The van der Waals surface area contributed by atoms with Gasteiger partial charge in [0.05, 0.1) is 0 Å². The van der Waals surface area contributed by atoms with Gasteiger partial charge in [0, 0.05) is 0 Å². The Balaban J connectivity index is 1.87. The van der Waals surface area contributed by atoms with Crippen LogP contribution in [0.3, 0.4) is 0 Å². The van der Waals surface area contributed by atoms with Gasteiger partial charge >= 0.3 is 0 Å². The molecule has 0 spiro atoms. The Labute approximate surface area is 146 Å². The molecule has 128 valence electrons. The third-order valence-electron chi connectivity index (χ3n) is 4.63. The van der Waals surface area contributed by atoms with Crippen LogP contribution in [0.1, 0.15) is 31.7 Å². The minimum atomic E-state index is -1.44. The smallest absolute Gasteiger partial charge is 0.194 e. The molecule has 0 amide bonds. The van der Waals surface area contributed by atoms with Gasteiger partial charge in [-0.25, -0.2) is 13.2 Å². The lowest BCUT2D eigenvalue weighted by molar-refractivity contribution is 0.448. The second kappa shape index (κ2) is 7.14. The molecule has 0 aliphatic heterocycles. The van der Waals surface area contributed by atoms with Crippen molar-refractivity contribution in [3.05, 3.63) is 83.7 Å². The first-order valence-electron chi connectivity index (χ1n) is 8.35. The molecule has 3 aromatic carbocycles. The van der Waals surface area contributed by atoms with Gasteiger partial charge in [0.2, 0.25) is 0 Å². The standard InChI is InChI=1S/C22H19F3/c1-3-14(2)15-4-6-16(7-5-15)17-8-10-18(11-9-17)19-12-20(23)22(25)21(24)13-19/h4-14H,3H2,1-2H3. The molecule has 3 heteroatoms. The van der Waals surface area contributed by atoms with E-state index in [-0.39, 0.29) is 0 Å². The second-order valence-electron chi connectivity index (χ2n) is 6.26. The van der Waals surface area contributed by atoms with Crippen LogP contribution in [0.5, 0.6) is 0 Å². The highest BCUT2D eigenvalue weighted by Crippen LogP contribution is 2.28. The van der Waals surface area contributed by atoms with Crippen molar-refractivity contribution in [3.8, 4) is 22.3 Å². The Morgan fingerprint density at radius 2 is 1.08 bits per heavy atom. The zero-order chi connectivity index (χ0) is 18.0. The predicted molar refractivity (Wildman–Crippen MR) is 95.9 cm³/mol. The average molecular weight is 340 g/mol. The van der Waals surface area contributed by atoms with E-state index in [1.54, 1.807) is 12.1 Å². The predicted octanol–water partition coefficient (Wildman–Crippen LogP) is 6.95. The molecule has 0 N–H and O–H groups in total. The van der Waals surface area contributed by atoms with Gasteiger partial charge in [-0.2, -0.15) is 0 Å². The molecule has 25 heavy (non-hydrogen) atoms. The summed E-state index contributed by atoms with van der Waals surface area (Å²) >= 11 is 0. The van der Waals surface area contributed by atoms with E-state index in [0.29, 0.717) is 17.0 Å². The summed E-state index contributed by atoms with van der Waals surface area (Å²) in [5.41, 5.74) is 4.35. The number of hydrogen-bond donors (Lipinski definition) is 0. The Morgan fingerprint density at radius 1 is 0.680 bits per heavy atom. The van der Waals surface area contributed by atoms with Crippen molar-refractivity contribution in [1.82, 2.24) is 0 Å². The highest BCUT2D eigenvalue weighted by Gasteiger charge is 2.11. The summed E-state index contributed by atoms with van der Waals surface area (Å²) in [4.78, 5) is 0. The van der Waals surface area contributed by atoms with E-state index >= 15 is 0 Å². The lowest BCUT2D eigenvalue weighted by Gasteiger charge is -2.10. The maximum atomic E-state index is 13.4. The van der Waals surface area contributed by atoms with Gasteiger partial charge in [-0.15, -0.1) is 0 Å². The molecule has 0 saturated carbocycles. The summed E-state index contributed by atoms with van der Waals surface area (Å²) in [6.45, 7) is 4.36.